The summed E-state index contributed by atoms with van der Waals surface area (Å²) in [5.41, 5.74) is 0. The Hall–Kier alpha value is -0.770. The Bertz CT molecular complexity index is 327. The Labute approximate surface area is 170 Å². The number of esters is 1. The second-order valence-electron chi connectivity index (χ2n) is 6.21. The van der Waals surface area contributed by atoms with Crippen molar-refractivity contribution in [2.75, 3.05) is 85.9 Å². The van der Waals surface area contributed by atoms with E-state index in [1.165, 1.54) is 0 Å². The summed E-state index contributed by atoms with van der Waals surface area (Å²) in [5.74, 6) is 0.363. The lowest BCUT2D eigenvalue weighted by Crippen LogP contribution is -2.15. The molecule has 0 bridgehead atoms. The molecule has 0 spiro atoms. The second-order valence-corrected chi connectivity index (χ2v) is 6.21. The Balaban J connectivity index is 3.06. The van der Waals surface area contributed by atoms with E-state index in [9.17, 15) is 4.79 Å². The molecule has 28 heavy (non-hydrogen) atoms. The molecule has 0 N–H and O–H groups in total. The molecule has 1 unspecified atom stereocenters. The molecule has 0 aliphatic carbocycles. The van der Waals surface area contributed by atoms with Crippen LogP contribution in [0.2, 0.25) is 0 Å². The van der Waals surface area contributed by atoms with Crippen molar-refractivity contribution in [3.8, 4) is 0 Å². The van der Waals surface area contributed by atoms with E-state index in [1.54, 1.807) is 6.92 Å². The number of carbonyl (C=O) groups is 1. The fourth-order valence-electron chi connectivity index (χ4n) is 1.89. The van der Waals surface area contributed by atoms with E-state index in [-0.39, 0.29) is 12.4 Å². The van der Waals surface area contributed by atoms with Crippen LogP contribution >= 0.6 is 0 Å². The van der Waals surface area contributed by atoms with Crippen LogP contribution in [0.1, 0.15) is 33.6 Å². The Morgan fingerprint density at radius 3 is 1.43 bits per heavy atom. The first kappa shape index (κ1) is 27.2. The van der Waals surface area contributed by atoms with E-state index in [0.29, 0.717) is 85.2 Å². The molecule has 168 valence electrons. The van der Waals surface area contributed by atoms with Gasteiger partial charge in [0.15, 0.2) is 0 Å². The van der Waals surface area contributed by atoms with Gasteiger partial charge in [-0.1, -0.05) is 20.3 Å². The fourth-order valence-corrected chi connectivity index (χ4v) is 1.89. The highest BCUT2D eigenvalue weighted by atomic mass is 16.6. The number of hydrogen-bond donors (Lipinski definition) is 0. The molecule has 0 rings (SSSR count). The van der Waals surface area contributed by atoms with E-state index in [2.05, 4.69) is 13.8 Å². The van der Waals surface area contributed by atoms with Gasteiger partial charge in [-0.15, -0.1) is 0 Å². The van der Waals surface area contributed by atoms with E-state index in [4.69, 9.17) is 33.2 Å². The highest BCUT2D eigenvalue weighted by Gasteiger charge is 2.01. The van der Waals surface area contributed by atoms with Gasteiger partial charge in [-0.2, -0.15) is 0 Å². The minimum Gasteiger partial charge on any atom is -0.466 e. The quantitative estimate of drug-likeness (QED) is 0.199. The lowest BCUT2D eigenvalue weighted by molar-refractivity contribution is -0.144. The summed E-state index contributed by atoms with van der Waals surface area (Å²) < 4.78 is 37.2. The molecule has 0 aromatic rings. The fraction of sp³-hybridized carbons (Fsp3) is 0.950. The van der Waals surface area contributed by atoms with Crippen LogP contribution in [0.5, 0.6) is 0 Å². The molecule has 0 radical (unpaired) electrons. The van der Waals surface area contributed by atoms with E-state index in [1.807, 2.05) is 0 Å². The SMILES string of the molecule is CCOC(=O)CCOCCOCCOCCOCCOCCOCC(C)CC. The zero-order valence-electron chi connectivity index (χ0n) is 17.9. The summed E-state index contributed by atoms with van der Waals surface area (Å²) in [6.45, 7) is 13.0. The van der Waals surface area contributed by atoms with Crippen LogP contribution < -0.4 is 0 Å². The van der Waals surface area contributed by atoms with Crippen molar-refractivity contribution < 1.29 is 38.0 Å². The van der Waals surface area contributed by atoms with Crippen molar-refractivity contribution in [2.45, 2.75) is 33.6 Å². The highest BCUT2D eigenvalue weighted by Crippen LogP contribution is 1.99. The first-order chi connectivity index (χ1) is 13.7. The van der Waals surface area contributed by atoms with Crippen LogP contribution in [-0.4, -0.2) is 91.9 Å². The van der Waals surface area contributed by atoms with Gasteiger partial charge in [-0.25, -0.2) is 0 Å². The molecule has 0 heterocycles. The predicted octanol–water partition coefficient (Wildman–Crippen LogP) is 2.09. The van der Waals surface area contributed by atoms with Crippen LogP contribution in [0, 0.1) is 5.92 Å². The molecule has 8 nitrogen and oxygen atoms in total. The normalized spacial score (nSPS) is 12.2. The summed E-state index contributed by atoms with van der Waals surface area (Å²) in [4.78, 5) is 11.1. The molecular weight excluding hydrogens is 368 g/mol. The average Bonchev–Trinajstić information content (AvgIpc) is 2.69. The Kier molecular flexibility index (Phi) is 21.9. The maximum absolute atomic E-state index is 11.1. The minimum absolute atomic E-state index is 0.239. The van der Waals surface area contributed by atoms with Gasteiger partial charge >= 0.3 is 5.97 Å². The summed E-state index contributed by atoms with van der Waals surface area (Å²) >= 11 is 0. The van der Waals surface area contributed by atoms with Gasteiger partial charge in [0.05, 0.1) is 85.7 Å². The van der Waals surface area contributed by atoms with Gasteiger partial charge in [-0.05, 0) is 12.8 Å². The average molecular weight is 409 g/mol. The lowest BCUT2D eigenvalue weighted by atomic mass is 10.1. The van der Waals surface area contributed by atoms with Gasteiger partial charge in [0, 0.05) is 6.61 Å². The van der Waals surface area contributed by atoms with Crippen molar-refractivity contribution in [1.29, 1.82) is 0 Å². The first-order valence-corrected chi connectivity index (χ1v) is 10.3. The number of rotatable bonds is 22. The van der Waals surface area contributed by atoms with E-state index >= 15 is 0 Å². The topological polar surface area (TPSA) is 81.7 Å². The molecular formula is C20H40O8. The third-order valence-corrected chi connectivity index (χ3v) is 3.72. The zero-order chi connectivity index (χ0) is 20.7. The zero-order valence-corrected chi connectivity index (χ0v) is 17.9. The molecule has 0 saturated carbocycles. The smallest absolute Gasteiger partial charge is 0.308 e. The van der Waals surface area contributed by atoms with Gasteiger partial charge in [0.2, 0.25) is 0 Å². The molecule has 0 amide bonds. The second kappa shape index (κ2) is 22.5. The van der Waals surface area contributed by atoms with Crippen molar-refractivity contribution >= 4 is 5.97 Å². The molecule has 0 aromatic heterocycles. The number of hydrogen-bond acceptors (Lipinski definition) is 8. The maximum Gasteiger partial charge on any atom is 0.308 e. The van der Waals surface area contributed by atoms with Crippen molar-refractivity contribution in [3.05, 3.63) is 0 Å². The molecule has 0 fully saturated rings. The Morgan fingerprint density at radius 2 is 1.04 bits per heavy atom. The maximum atomic E-state index is 11.1. The van der Waals surface area contributed by atoms with Crippen molar-refractivity contribution in [2.24, 2.45) is 5.92 Å². The van der Waals surface area contributed by atoms with Crippen molar-refractivity contribution in [3.63, 3.8) is 0 Å². The third-order valence-electron chi connectivity index (χ3n) is 3.72. The van der Waals surface area contributed by atoms with Crippen LogP contribution in [0.4, 0.5) is 0 Å². The predicted molar refractivity (Wildman–Crippen MR) is 106 cm³/mol. The number of carbonyl (C=O) groups excluding carboxylic acids is 1. The monoisotopic (exact) mass is 408 g/mol. The van der Waals surface area contributed by atoms with E-state index < -0.39 is 0 Å². The van der Waals surface area contributed by atoms with Crippen LogP contribution in [-0.2, 0) is 38.0 Å². The van der Waals surface area contributed by atoms with Crippen LogP contribution in [0.25, 0.3) is 0 Å². The van der Waals surface area contributed by atoms with Crippen LogP contribution in [0.15, 0.2) is 0 Å². The molecule has 0 aliphatic rings. The summed E-state index contributed by atoms with van der Waals surface area (Å²) in [6.07, 6.45) is 1.41. The lowest BCUT2D eigenvalue weighted by Gasteiger charge is -2.10. The molecule has 1 atom stereocenters. The highest BCUT2D eigenvalue weighted by molar-refractivity contribution is 5.69. The van der Waals surface area contributed by atoms with Gasteiger partial charge < -0.3 is 33.2 Å². The first-order valence-electron chi connectivity index (χ1n) is 10.3. The molecule has 0 aliphatic heterocycles. The number of ether oxygens (including phenoxy) is 7. The van der Waals surface area contributed by atoms with Gasteiger partial charge in [0.25, 0.3) is 0 Å². The third kappa shape index (κ3) is 21.5. The summed E-state index contributed by atoms with van der Waals surface area (Å²) in [7, 11) is 0. The molecule has 8 heteroatoms. The van der Waals surface area contributed by atoms with Crippen LogP contribution in [0.3, 0.4) is 0 Å². The standard InChI is InChI=1S/C20H40O8/c1-4-19(3)18-27-17-16-26-15-14-25-13-12-24-11-10-23-9-8-22-7-6-20(21)28-5-2/h19H,4-18H2,1-3H3. The van der Waals surface area contributed by atoms with Gasteiger partial charge in [0.1, 0.15) is 0 Å². The summed E-state index contributed by atoms with van der Waals surface area (Å²) in [5, 5.41) is 0. The largest absolute Gasteiger partial charge is 0.466 e. The Morgan fingerprint density at radius 1 is 0.643 bits per heavy atom. The molecule has 0 aromatic carbocycles. The summed E-state index contributed by atoms with van der Waals surface area (Å²) in [6, 6.07) is 0. The van der Waals surface area contributed by atoms with E-state index in [0.717, 1.165) is 13.0 Å². The minimum atomic E-state index is -0.239. The van der Waals surface area contributed by atoms with Gasteiger partial charge in [-0.3, -0.25) is 4.79 Å². The van der Waals surface area contributed by atoms with Crippen molar-refractivity contribution in [1.82, 2.24) is 0 Å². The molecule has 0 saturated heterocycles.